The molecule has 0 saturated carbocycles. The van der Waals surface area contributed by atoms with Crippen molar-refractivity contribution in [3.05, 3.63) is 69.8 Å². The van der Waals surface area contributed by atoms with Crippen molar-refractivity contribution in [2.24, 2.45) is 0 Å². The van der Waals surface area contributed by atoms with E-state index in [9.17, 15) is 0 Å². The van der Waals surface area contributed by atoms with E-state index < -0.39 is 0 Å². The number of nitrogens with zero attached hydrogens (tertiary/aromatic N) is 1. The lowest BCUT2D eigenvalue weighted by Crippen LogP contribution is -2.32. The smallest absolute Gasteiger partial charge is 0.0236 e. The van der Waals surface area contributed by atoms with Crippen molar-refractivity contribution in [2.45, 2.75) is 52.1 Å². The van der Waals surface area contributed by atoms with Crippen LogP contribution in [0, 0.1) is 0 Å². The first-order chi connectivity index (χ1) is 12.2. The summed E-state index contributed by atoms with van der Waals surface area (Å²) in [6.07, 6.45) is 3.54. The molecule has 0 bridgehead atoms. The second kappa shape index (κ2) is 7.31. The standard InChI is InChI=1S/C23H30N2/c1-17(2)20-6-5-19-9-12-25(16-23(19)14-20)11-8-18-3-4-22-15-24-10-7-21(22)13-18/h3-6,13-14,17,24H,7-12,15-16H2,1-2H3. The number of rotatable bonds is 4. The van der Waals surface area contributed by atoms with Gasteiger partial charge in [-0.05, 0) is 65.1 Å². The Hall–Kier alpha value is -1.64. The van der Waals surface area contributed by atoms with Crippen LogP contribution in [0.4, 0.5) is 0 Å². The first-order valence-electron chi connectivity index (χ1n) is 9.84. The zero-order valence-corrected chi connectivity index (χ0v) is 15.6. The van der Waals surface area contributed by atoms with Crippen molar-refractivity contribution in [2.75, 3.05) is 19.6 Å². The Kier molecular flexibility index (Phi) is 4.91. The van der Waals surface area contributed by atoms with Gasteiger partial charge in [0.2, 0.25) is 0 Å². The van der Waals surface area contributed by atoms with Crippen molar-refractivity contribution in [1.29, 1.82) is 0 Å². The average Bonchev–Trinajstić information content (AvgIpc) is 2.65. The monoisotopic (exact) mass is 334 g/mol. The summed E-state index contributed by atoms with van der Waals surface area (Å²) in [5, 5.41) is 3.46. The van der Waals surface area contributed by atoms with Gasteiger partial charge in [0.25, 0.3) is 0 Å². The number of fused-ring (bicyclic) bond motifs is 2. The summed E-state index contributed by atoms with van der Waals surface area (Å²) < 4.78 is 0. The van der Waals surface area contributed by atoms with Gasteiger partial charge in [-0.15, -0.1) is 0 Å². The molecule has 0 unspecified atom stereocenters. The molecular weight excluding hydrogens is 304 g/mol. The van der Waals surface area contributed by atoms with E-state index in [0.717, 1.165) is 19.6 Å². The van der Waals surface area contributed by atoms with E-state index in [-0.39, 0.29) is 0 Å². The first-order valence-corrected chi connectivity index (χ1v) is 9.84. The van der Waals surface area contributed by atoms with Crippen LogP contribution in [0.3, 0.4) is 0 Å². The average molecular weight is 335 g/mol. The lowest BCUT2D eigenvalue weighted by Gasteiger charge is -2.29. The Bertz CT molecular complexity index is 748. The van der Waals surface area contributed by atoms with Gasteiger partial charge in [-0.25, -0.2) is 0 Å². The predicted molar refractivity (Wildman–Crippen MR) is 105 cm³/mol. The predicted octanol–water partition coefficient (Wildman–Crippen LogP) is 4.06. The largest absolute Gasteiger partial charge is 0.312 e. The summed E-state index contributed by atoms with van der Waals surface area (Å²) in [7, 11) is 0. The molecule has 2 nitrogen and oxygen atoms in total. The molecule has 0 aliphatic carbocycles. The topological polar surface area (TPSA) is 15.3 Å². The van der Waals surface area contributed by atoms with E-state index in [1.54, 1.807) is 16.7 Å². The van der Waals surface area contributed by atoms with E-state index >= 15 is 0 Å². The molecule has 1 N–H and O–H groups in total. The van der Waals surface area contributed by atoms with Crippen LogP contribution in [0.2, 0.25) is 0 Å². The highest BCUT2D eigenvalue weighted by atomic mass is 15.1. The van der Waals surface area contributed by atoms with E-state index in [1.807, 2.05) is 0 Å². The number of hydrogen-bond donors (Lipinski definition) is 1. The Morgan fingerprint density at radius 2 is 1.84 bits per heavy atom. The molecule has 0 amide bonds. The summed E-state index contributed by atoms with van der Waals surface area (Å²) in [6.45, 7) is 10.2. The van der Waals surface area contributed by atoms with Gasteiger partial charge in [0.15, 0.2) is 0 Å². The SMILES string of the molecule is CC(C)c1ccc2c(c1)CN(CCc1ccc3c(c1)CCNC3)CC2. The molecule has 0 spiro atoms. The molecule has 2 heterocycles. The highest BCUT2D eigenvalue weighted by Crippen LogP contribution is 2.24. The van der Waals surface area contributed by atoms with Gasteiger partial charge in [0.05, 0.1) is 0 Å². The van der Waals surface area contributed by atoms with Crippen LogP contribution in [0.25, 0.3) is 0 Å². The quantitative estimate of drug-likeness (QED) is 0.907. The third kappa shape index (κ3) is 3.80. The Balaban J connectivity index is 1.40. The van der Waals surface area contributed by atoms with Gasteiger partial charge in [-0.2, -0.15) is 0 Å². The van der Waals surface area contributed by atoms with Gasteiger partial charge >= 0.3 is 0 Å². The minimum absolute atomic E-state index is 0.616. The van der Waals surface area contributed by atoms with Crippen molar-refractivity contribution >= 4 is 0 Å². The van der Waals surface area contributed by atoms with Gasteiger partial charge in [-0.3, -0.25) is 4.90 Å². The van der Waals surface area contributed by atoms with Gasteiger partial charge in [0.1, 0.15) is 0 Å². The van der Waals surface area contributed by atoms with Crippen molar-refractivity contribution in [3.8, 4) is 0 Å². The van der Waals surface area contributed by atoms with E-state index in [0.29, 0.717) is 5.92 Å². The fourth-order valence-electron chi connectivity index (χ4n) is 4.16. The molecule has 2 aliphatic rings. The lowest BCUT2D eigenvalue weighted by atomic mass is 9.93. The number of hydrogen-bond acceptors (Lipinski definition) is 2. The molecule has 4 rings (SSSR count). The normalized spacial score (nSPS) is 17.4. The molecule has 0 saturated heterocycles. The summed E-state index contributed by atoms with van der Waals surface area (Å²) in [4.78, 5) is 2.63. The van der Waals surface area contributed by atoms with Crippen LogP contribution in [-0.4, -0.2) is 24.5 Å². The van der Waals surface area contributed by atoms with Crippen LogP contribution in [0.5, 0.6) is 0 Å². The highest BCUT2D eigenvalue weighted by molar-refractivity contribution is 5.36. The fourth-order valence-corrected chi connectivity index (χ4v) is 4.16. The van der Waals surface area contributed by atoms with Crippen LogP contribution in [0.15, 0.2) is 36.4 Å². The molecule has 0 fully saturated rings. The third-order valence-corrected chi connectivity index (χ3v) is 5.86. The highest BCUT2D eigenvalue weighted by Gasteiger charge is 2.17. The zero-order chi connectivity index (χ0) is 17.2. The van der Waals surface area contributed by atoms with Gasteiger partial charge in [-0.1, -0.05) is 50.2 Å². The second-order valence-electron chi connectivity index (χ2n) is 7.99. The Morgan fingerprint density at radius 3 is 2.72 bits per heavy atom. The summed E-state index contributed by atoms with van der Waals surface area (Å²) in [5.74, 6) is 0.616. The molecule has 0 atom stereocenters. The van der Waals surface area contributed by atoms with Gasteiger partial charge < -0.3 is 5.32 Å². The van der Waals surface area contributed by atoms with Crippen LogP contribution in [0.1, 0.15) is 53.1 Å². The van der Waals surface area contributed by atoms with E-state index in [1.165, 1.54) is 49.0 Å². The Morgan fingerprint density at radius 1 is 0.960 bits per heavy atom. The maximum absolute atomic E-state index is 3.46. The molecule has 2 heteroatoms. The van der Waals surface area contributed by atoms with Crippen LogP contribution in [-0.2, 0) is 32.4 Å². The molecular formula is C23H30N2. The minimum atomic E-state index is 0.616. The number of nitrogens with one attached hydrogen (secondary N) is 1. The summed E-state index contributed by atoms with van der Waals surface area (Å²) in [6, 6.07) is 14.2. The molecule has 2 aliphatic heterocycles. The Labute approximate surface area is 152 Å². The molecule has 2 aromatic rings. The maximum atomic E-state index is 3.46. The van der Waals surface area contributed by atoms with Gasteiger partial charge in [0, 0.05) is 26.2 Å². The van der Waals surface area contributed by atoms with Crippen molar-refractivity contribution in [1.82, 2.24) is 10.2 Å². The van der Waals surface area contributed by atoms with E-state index in [2.05, 4.69) is 60.5 Å². The van der Waals surface area contributed by atoms with Crippen LogP contribution >= 0.6 is 0 Å². The third-order valence-electron chi connectivity index (χ3n) is 5.86. The first kappa shape index (κ1) is 16.8. The molecule has 0 aromatic heterocycles. The molecule has 132 valence electrons. The van der Waals surface area contributed by atoms with E-state index in [4.69, 9.17) is 0 Å². The maximum Gasteiger partial charge on any atom is 0.0236 e. The van der Waals surface area contributed by atoms with Crippen LogP contribution < -0.4 is 5.32 Å². The summed E-state index contributed by atoms with van der Waals surface area (Å²) in [5.41, 5.74) is 9.13. The molecule has 25 heavy (non-hydrogen) atoms. The van der Waals surface area contributed by atoms with Crippen molar-refractivity contribution in [3.63, 3.8) is 0 Å². The second-order valence-corrected chi connectivity index (χ2v) is 7.99. The minimum Gasteiger partial charge on any atom is -0.312 e. The number of benzene rings is 2. The molecule has 0 radical (unpaired) electrons. The zero-order valence-electron chi connectivity index (χ0n) is 15.6. The fraction of sp³-hybridized carbons (Fsp3) is 0.478. The summed E-state index contributed by atoms with van der Waals surface area (Å²) >= 11 is 0. The van der Waals surface area contributed by atoms with Crippen molar-refractivity contribution < 1.29 is 0 Å². The lowest BCUT2D eigenvalue weighted by molar-refractivity contribution is 0.257. The molecule has 2 aromatic carbocycles.